The van der Waals surface area contributed by atoms with Crippen molar-refractivity contribution in [1.82, 2.24) is 0 Å². The Morgan fingerprint density at radius 1 is 1.17 bits per heavy atom. The summed E-state index contributed by atoms with van der Waals surface area (Å²) in [7, 11) is 0. The summed E-state index contributed by atoms with van der Waals surface area (Å²) in [6.07, 6.45) is -7.49. The molecule has 0 bridgehead atoms. The van der Waals surface area contributed by atoms with E-state index in [2.05, 4.69) is 0 Å². The minimum absolute atomic E-state index is 0.619. The van der Waals surface area contributed by atoms with Crippen molar-refractivity contribution in [3.8, 4) is 0 Å². The molecule has 0 radical (unpaired) electrons. The van der Waals surface area contributed by atoms with Gasteiger partial charge >= 0.3 is 0 Å². The monoisotopic (exact) mass is 323 g/mol. The Morgan fingerprint density at radius 3 is 2.17 bits per heavy atom. The van der Waals surface area contributed by atoms with Crippen molar-refractivity contribution in [3.63, 3.8) is 0 Å². The highest BCUT2D eigenvalue weighted by molar-refractivity contribution is 6.76. The number of rotatable bonds is 2. The van der Waals surface area contributed by atoms with Crippen LogP contribution in [0.2, 0.25) is 0 Å². The SMILES string of the molecule is N=C(O[C@@H]1O[C@H](CO)[C@H](O)[C@H](O)[C@H]1O)C(Cl)(Cl)Cl. The Balaban J connectivity index is 2.74. The molecule has 106 valence electrons. The molecule has 7 nitrogen and oxygen atoms in total. The average molecular weight is 325 g/mol. The summed E-state index contributed by atoms with van der Waals surface area (Å²) >= 11 is 16.1. The number of aliphatic hydroxyl groups excluding tert-OH is 4. The van der Waals surface area contributed by atoms with Crippen LogP contribution in [0.1, 0.15) is 0 Å². The number of halogens is 3. The molecule has 10 heteroatoms. The highest BCUT2D eigenvalue weighted by Gasteiger charge is 2.46. The highest BCUT2D eigenvalue weighted by Crippen LogP contribution is 2.30. The molecule has 0 unspecified atom stereocenters. The second kappa shape index (κ2) is 6.06. The lowest BCUT2D eigenvalue weighted by molar-refractivity contribution is -0.281. The second-order valence-corrected chi connectivity index (χ2v) is 5.92. The predicted molar refractivity (Wildman–Crippen MR) is 62.9 cm³/mol. The Morgan fingerprint density at radius 2 is 1.72 bits per heavy atom. The minimum atomic E-state index is -2.15. The topological polar surface area (TPSA) is 123 Å². The van der Waals surface area contributed by atoms with Gasteiger partial charge in [0.05, 0.1) is 6.61 Å². The first-order chi connectivity index (χ1) is 8.18. The van der Waals surface area contributed by atoms with Crippen LogP contribution >= 0.6 is 34.8 Å². The molecule has 5 atom stereocenters. The molecule has 1 saturated heterocycles. The van der Waals surface area contributed by atoms with Gasteiger partial charge in [-0.25, -0.2) is 0 Å². The van der Waals surface area contributed by atoms with Gasteiger partial charge in [-0.05, 0) is 0 Å². The number of aliphatic hydroxyl groups is 4. The molecule has 0 aromatic rings. The van der Waals surface area contributed by atoms with Crippen LogP contribution < -0.4 is 0 Å². The Bertz CT molecular complexity index is 310. The maximum atomic E-state index is 9.57. The van der Waals surface area contributed by atoms with Crippen molar-refractivity contribution in [2.45, 2.75) is 34.5 Å². The lowest BCUT2D eigenvalue weighted by Crippen LogP contribution is -2.59. The van der Waals surface area contributed by atoms with Gasteiger partial charge in [0.25, 0.3) is 3.79 Å². The fraction of sp³-hybridized carbons (Fsp3) is 0.875. The molecule has 18 heavy (non-hydrogen) atoms. The van der Waals surface area contributed by atoms with E-state index >= 15 is 0 Å². The van der Waals surface area contributed by atoms with Crippen LogP contribution in [0.5, 0.6) is 0 Å². The Hall–Kier alpha value is 0.140. The fourth-order valence-electron chi connectivity index (χ4n) is 1.35. The summed E-state index contributed by atoms with van der Waals surface area (Å²) in [5.41, 5.74) is 0. The van der Waals surface area contributed by atoms with Crippen molar-refractivity contribution in [1.29, 1.82) is 5.41 Å². The Labute approximate surface area is 117 Å². The summed E-state index contributed by atoms with van der Waals surface area (Å²) in [4.78, 5) is 0. The molecule has 0 aromatic heterocycles. The lowest BCUT2D eigenvalue weighted by Gasteiger charge is -2.39. The van der Waals surface area contributed by atoms with Crippen LogP contribution in [0.3, 0.4) is 0 Å². The summed E-state index contributed by atoms with van der Waals surface area (Å²) in [5.74, 6) is -0.822. The molecule has 0 amide bonds. The van der Waals surface area contributed by atoms with Gasteiger partial charge in [-0.1, -0.05) is 34.8 Å². The summed E-state index contributed by atoms with van der Waals surface area (Å²) in [5, 5.41) is 44.7. The number of ether oxygens (including phenoxy) is 2. The lowest BCUT2D eigenvalue weighted by atomic mass is 9.99. The van der Waals surface area contributed by atoms with E-state index in [1.54, 1.807) is 0 Å². The molecular weight excluding hydrogens is 312 g/mol. The third kappa shape index (κ3) is 3.58. The number of hydrogen-bond donors (Lipinski definition) is 5. The van der Waals surface area contributed by atoms with Gasteiger partial charge in [-0.15, -0.1) is 0 Å². The number of alkyl halides is 3. The van der Waals surface area contributed by atoms with E-state index in [4.69, 9.17) is 54.8 Å². The largest absolute Gasteiger partial charge is 0.445 e. The minimum Gasteiger partial charge on any atom is -0.445 e. The first kappa shape index (κ1) is 16.2. The van der Waals surface area contributed by atoms with E-state index in [0.717, 1.165) is 0 Å². The van der Waals surface area contributed by atoms with Crippen molar-refractivity contribution in [3.05, 3.63) is 0 Å². The van der Waals surface area contributed by atoms with Gasteiger partial charge in [-0.2, -0.15) is 0 Å². The van der Waals surface area contributed by atoms with Gasteiger partial charge in [0.15, 0.2) is 0 Å². The quantitative estimate of drug-likeness (QED) is 0.256. The molecule has 0 aromatic carbocycles. The molecule has 0 saturated carbocycles. The summed E-state index contributed by atoms with van der Waals surface area (Å²) in [6, 6.07) is 0. The zero-order valence-electron chi connectivity index (χ0n) is 8.83. The van der Waals surface area contributed by atoms with Crippen LogP contribution in [-0.4, -0.2) is 67.4 Å². The van der Waals surface area contributed by atoms with E-state index in [1.165, 1.54) is 0 Å². The van der Waals surface area contributed by atoms with E-state index in [9.17, 15) is 15.3 Å². The summed E-state index contributed by atoms with van der Waals surface area (Å²) < 4.78 is 7.55. The van der Waals surface area contributed by atoms with Gasteiger partial charge in [0.1, 0.15) is 24.4 Å². The molecular formula is C8H12Cl3NO6. The number of hydrogen-bond acceptors (Lipinski definition) is 7. The third-order valence-electron chi connectivity index (χ3n) is 2.34. The molecule has 1 aliphatic heterocycles. The van der Waals surface area contributed by atoms with Gasteiger partial charge < -0.3 is 29.9 Å². The van der Waals surface area contributed by atoms with Crippen molar-refractivity contribution >= 4 is 40.7 Å². The van der Waals surface area contributed by atoms with Crippen molar-refractivity contribution in [2.75, 3.05) is 6.61 Å². The first-order valence-electron chi connectivity index (χ1n) is 4.81. The van der Waals surface area contributed by atoms with Crippen LogP contribution in [0, 0.1) is 5.41 Å². The van der Waals surface area contributed by atoms with E-state index in [-0.39, 0.29) is 0 Å². The predicted octanol–water partition coefficient (Wildman–Crippen LogP) is -0.850. The maximum Gasteiger partial charge on any atom is 0.265 e. The molecule has 0 aliphatic carbocycles. The molecule has 1 rings (SSSR count). The first-order valence-corrected chi connectivity index (χ1v) is 5.94. The van der Waals surface area contributed by atoms with Crippen molar-refractivity contribution in [2.24, 2.45) is 0 Å². The van der Waals surface area contributed by atoms with E-state index < -0.39 is 47.0 Å². The van der Waals surface area contributed by atoms with Gasteiger partial charge in [0, 0.05) is 0 Å². The van der Waals surface area contributed by atoms with Crippen LogP contribution in [-0.2, 0) is 9.47 Å². The van der Waals surface area contributed by atoms with Crippen LogP contribution in [0.25, 0.3) is 0 Å². The van der Waals surface area contributed by atoms with Crippen molar-refractivity contribution < 1.29 is 29.9 Å². The fourth-order valence-corrected chi connectivity index (χ4v) is 1.48. The number of nitrogens with one attached hydrogen (secondary N) is 1. The molecule has 1 heterocycles. The van der Waals surface area contributed by atoms with Gasteiger partial charge in [-0.3, -0.25) is 5.41 Å². The molecule has 1 aliphatic rings. The van der Waals surface area contributed by atoms with Gasteiger partial charge in [0.2, 0.25) is 12.2 Å². The van der Waals surface area contributed by atoms with E-state index in [0.29, 0.717) is 0 Å². The third-order valence-corrected chi connectivity index (χ3v) is 2.85. The zero-order chi connectivity index (χ0) is 14.1. The maximum absolute atomic E-state index is 9.57. The highest BCUT2D eigenvalue weighted by atomic mass is 35.6. The second-order valence-electron chi connectivity index (χ2n) is 3.64. The summed E-state index contributed by atoms with van der Waals surface area (Å²) in [6.45, 7) is -0.619. The Kier molecular flexibility index (Phi) is 5.45. The smallest absolute Gasteiger partial charge is 0.265 e. The van der Waals surface area contributed by atoms with Crippen LogP contribution in [0.4, 0.5) is 0 Å². The normalized spacial score (nSPS) is 37.4. The molecule has 1 fully saturated rings. The zero-order valence-corrected chi connectivity index (χ0v) is 11.1. The standard InChI is InChI=1S/C8H12Cl3NO6/c9-8(10,11)7(12)18-6-5(16)4(15)3(14)2(1-13)17-6/h2-6,12-16H,1H2/t2-,3+,4+,5-,6+/m1/s1. The molecule has 0 spiro atoms. The van der Waals surface area contributed by atoms with E-state index in [1.807, 2.05) is 0 Å². The average Bonchev–Trinajstić information content (AvgIpc) is 2.28. The molecule has 5 N–H and O–H groups in total. The van der Waals surface area contributed by atoms with Crippen LogP contribution in [0.15, 0.2) is 0 Å².